The highest BCUT2D eigenvalue weighted by molar-refractivity contribution is 5.93. The van der Waals surface area contributed by atoms with Crippen molar-refractivity contribution in [2.45, 2.75) is 72.1 Å². The van der Waals surface area contributed by atoms with Crippen LogP contribution in [0.3, 0.4) is 0 Å². The zero-order chi connectivity index (χ0) is 35.3. The van der Waals surface area contributed by atoms with Gasteiger partial charge in [0.15, 0.2) is 0 Å². The van der Waals surface area contributed by atoms with Crippen LogP contribution in [0, 0.1) is 23.0 Å². The van der Waals surface area contributed by atoms with Gasteiger partial charge in [0, 0.05) is 37.8 Å². The van der Waals surface area contributed by atoms with Gasteiger partial charge in [0.25, 0.3) is 5.91 Å². The first-order valence-electron chi connectivity index (χ1n) is 16.8. The molecule has 1 saturated heterocycles. The number of amides is 3. The minimum Gasteiger partial charge on any atom is -0.489 e. The normalized spacial score (nSPS) is 17.5. The number of carbonyl (C=O) groups is 3. The van der Waals surface area contributed by atoms with Crippen LogP contribution in [0.5, 0.6) is 5.75 Å². The minimum atomic E-state index is -0.831. The lowest BCUT2D eigenvalue weighted by molar-refractivity contribution is -0.141. The summed E-state index contributed by atoms with van der Waals surface area (Å²) >= 11 is 0. The largest absolute Gasteiger partial charge is 0.489 e. The van der Waals surface area contributed by atoms with E-state index in [1.807, 2.05) is 59.0 Å². The van der Waals surface area contributed by atoms with E-state index in [0.717, 1.165) is 5.56 Å². The quantitative estimate of drug-likeness (QED) is 0.202. The summed E-state index contributed by atoms with van der Waals surface area (Å²) in [6.07, 6.45) is 4.52. The van der Waals surface area contributed by atoms with Gasteiger partial charge in [0.2, 0.25) is 11.8 Å². The number of aromatic nitrogens is 2. The average molecular weight is 674 g/mol. The van der Waals surface area contributed by atoms with E-state index in [1.165, 1.54) is 24.3 Å². The van der Waals surface area contributed by atoms with Crippen LogP contribution < -0.4 is 10.1 Å². The van der Waals surface area contributed by atoms with Crippen molar-refractivity contribution < 1.29 is 27.9 Å². The summed E-state index contributed by atoms with van der Waals surface area (Å²) in [6, 6.07) is 16.1. The standard InChI is InChI=1S/C38H45F2N5O4/c1-6-25(2)35(46)42-34(38(3,4)5)37(48)45-23-31(49-30-16-14-28(40)15-17-30)21-29(45)22-44(20-18-26-10-12-27(39)13-11-26)36(47)32-24-43-19-8-7-9-33(43)41-32/h7-17,19,24-25,29,31,34H,6,18,20-23H2,1-5H3,(H,42,46)/t25-,29+,31+,34-/m1/s1. The van der Waals surface area contributed by atoms with Gasteiger partial charge < -0.3 is 24.3 Å². The number of imidazole rings is 1. The molecule has 49 heavy (non-hydrogen) atoms. The molecule has 0 bridgehead atoms. The van der Waals surface area contributed by atoms with Crippen molar-refractivity contribution >= 4 is 23.4 Å². The zero-order valence-electron chi connectivity index (χ0n) is 28.7. The molecule has 2 aromatic heterocycles. The molecule has 4 aromatic rings. The number of rotatable bonds is 12. The number of ether oxygens (including phenoxy) is 1. The van der Waals surface area contributed by atoms with Crippen LogP contribution in [0.4, 0.5) is 8.78 Å². The summed E-state index contributed by atoms with van der Waals surface area (Å²) in [5.41, 5.74) is 1.12. The Bertz CT molecular complexity index is 1720. The lowest BCUT2D eigenvalue weighted by atomic mass is 9.85. The minimum absolute atomic E-state index is 0.166. The Kier molecular flexibility index (Phi) is 11.0. The second-order valence-corrected chi connectivity index (χ2v) is 13.9. The SMILES string of the molecule is CC[C@@H](C)C(=O)N[C@H](C(=O)N1C[C@@H](Oc2ccc(F)cc2)C[C@H]1CN(CCc1ccc(F)cc1)C(=O)c1cn2ccccc2n1)C(C)(C)C. The molecule has 1 fully saturated rings. The van der Waals surface area contributed by atoms with E-state index in [2.05, 4.69) is 10.3 Å². The molecule has 11 heteroatoms. The number of halogens is 2. The van der Waals surface area contributed by atoms with E-state index in [1.54, 1.807) is 44.7 Å². The summed E-state index contributed by atoms with van der Waals surface area (Å²) in [5.74, 6) is -1.31. The Hall–Kier alpha value is -4.80. The van der Waals surface area contributed by atoms with Crippen LogP contribution >= 0.6 is 0 Å². The van der Waals surface area contributed by atoms with Crippen LogP contribution in [-0.2, 0) is 16.0 Å². The molecule has 1 N–H and O–H groups in total. The first kappa shape index (κ1) is 35.5. The summed E-state index contributed by atoms with van der Waals surface area (Å²) in [7, 11) is 0. The van der Waals surface area contributed by atoms with Crippen LogP contribution in [0.2, 0.25) is 0 Å². The highest BCUT2D eigenvalue weighted by Gasteiger charge is 2.44. The monoisotopic (exact) mass is 673 g/mol. The number of hydrogen-bond acceptors (Lipinski definition) is 5. The van der Waals surface area contributed by atoms with E-state index >= 15 is 0 Å². The molecule has 0 unspecified atom stereocenters. The molecular weight excluding hydrogens is 628 g/mol. The Morgan fingerprint density at radius 2 is 1.69 bits per heavy atom. The van der Waals surface area contributed by atoms with Crippen molar-refractivity contribution in [3.63, 3.8) is 0 Å². The number of likely N-dealkylation sites (tertiary alicyclic amines) is 1. The first-order chi connectivity index (χ1) is 23.3. The van der Waals surface area contributed by atoms with Crippen molar-refractivity contribution in [3.05, 3.63) is 102 Å². The molecule has 2 aromatic carbocycles. The summed E-state index contributed by atoms with van der Waals surface area (Å²) in [6.45, 7) is 10.1. The highest BCUT2D eigenvalue weighted by Crippen LogP contribution is 2.29. The third-order valence-electron chi connectivity index (χ3n) is 9.12. The number of carbonyl (C=O) groups excluding carboxylic acids is 3. The Morgan fingerprint density at radius 1 is 1.02 bits per heavy atom. The molecule has 260 valence electrons. The Labute approximate surface area is 286 Å². The van der Waals surface area contributed by atoms with Crippen molar-refractivity contribution in [3.8, 4) is 5.75 Å². The number of nitrogens with one attached hydrogen (secondary N) is 1. The number of pyridine rings is 1. The predicted octanol–water partition coefficient (Wildman–Crippen LogP) is 5.92. The van der Waals surface area contributed by atoms with Gasteiger partial charge in [0.05, 0.1) is 12.6 Å². The van der Waals surface area contributed by atoms with Crippen LogP contribution in [0.25, 0.3) is 5.65 Å². The molecule has 0 aliphatic carbocycles. The Balaban J connectivity index is 1.46. The molecule has 5 rings (SSSR count). The van der Waals surface area contributed by atoms with Gasteiger partial charge in [-0.05, 0) is 72.4 Å². The maximum absolute atomic E-state index is 14.5. The van der Waals surface area contributed by atoms with Gasteiger partial charge >= 0.3 is 0 Å². The van der Waals surface area contributed by atoms with E-state index < -0.39 is 23.6 Å². The van der Waals surface area contributed by atoms with Crippen LogP contribution in [-0.4, -0.2) is 74.7 Å². The smallest absolute Gasteiger partial charge is 0.274 e. The number of nitrogens with zero attached hydrogens (tertiary/aromatic N) is 4. The zero-order valence-corrected chi connectivity index (χ0v) is 28.7. The molecular formula is C38H45F2N5O4. The highest BCUT2D eigenvalue weighted by atomic mass is 19.1. The Morgan fingerprint density at radius 3 is 2.33 bits per heavy atom. The molecule has 9 nitrogen and oxygen atoms in total. The van der Waals surface area contributed by atoms with Gasteiger partial charge in [-0.3, -0.25) is 14.4 Å². The van der Waals surface area contributed by atoms with E-state index in [9.17, 15) is 23.2 Å². The number of benzene rings is 2. The van der Waals surface area contributed by atoms with Crippen molar-refractivity contribution in [2.24, 2.45) is 11.3 Å². The second-order valence-electron chi connectivity index (χ2n) is 13.9. The van der Waals surface area contributed by atoms with Gasteiger partial charge in [-0.2, -0.15) is 0 Å². The summed E-state index contributed by atoms with van der Waals surface area (Å²) in [5, 5.41) is 3.01. The lowest BCUT2D eigenvalue weighted by Gasteiger charge is -2.37. The van der Waals surface area contributed by atoms with Gasteiger partial charge in [-0.15, -0.1) is 0 Å². The molecule has 1 aliphatic heterocycles. The maximum atomic E-state index is 14.5. The molecule has 0 radical (unpaired) electrons. The second kappa shape index (κ2) is 15.2. The van der Waals surface area contributed by atoms with Gasteiger partial charge in [0.1, 0.15) is 40.9 Å². The number of fused-ring (bicyclic) bond motifs is 1. The summed E-state index contributed by atoms with van der Waals surface area (Å²) < 4.78 is 35.3. The fourth-order valence-electron chi connectivity index (χ4n) is 6.04. The van der Waals surface area contributed by atoms with Gasteiger partial charge in [-0.25, -0.2) is 13.8 Å². The molecule has 0 saturated carbocycles. The third kappa shape index (κ3) is 8.82. The predicted molar refractivity (Wildman–Crippen MR) is 183 cm³/mol. The van der Waals surface area contributed by atoms with Crippen LogP contribution in [0.15, 0.2) is 79.1 Å². The first-order valence-corrected chi connectivity index (χ1v) is 16.8. The van der Waals surface area contributed by atoms with E-state index in [-0.39, 0.29) is 60.6 Å². The summed E-state index contributed by atoms with van der Waals surface area (Å²) in [4.78, 5) is 49.7. The lowest BCUT2D eigenvalue weighted by Crippen LogP contribution is -2.58. The fourth-order valence-corrected chi connectivity index (χ4v) is 6.04. The van der Waals surface area contributed by atoms with E-state index in [4.69, 9.17) is 4.74 Å². The van der Waals surface area contributed by atoms with Crippen molar-refractivity contribution in [1.82, 2.24) is 24.5 Å². The molecule has 4 atom stereocenters. The molecule has 3 amide bonds. The fraction of sp³-hybridized carbons (Fsp3) is 0.421. The van der Waals surface area contributed by atoms with Crippen molar-refractivity contribution in [1.29, 1.82) is 0 Å². The molecule has 0 spiro atoms. The maximum Gasteiger partial charge on any atom is 0.274 e. The average Bonchev–Trinajstić information content (AvgIpc) is 3.69. The van der Waals surface area contributed by atoms with E-state index in [0.29, 0.717) is 30.7 Å². The third-order valence-corrected chi connectivity index (χ3v) is 9.12. The van der Waals surface area contributed by atoms with Crippen molar-refractivity contribution in [2.75, 3.05) is 19.6 Å². The molecule has 3 heterocycles. The number of hydrogen-bond donors (Lipinski definition) is 1. The molecule has 1 aliphatic rings. The topological polar surface area (TPSA) is 96.2 Å². The van der Waals surface area contributed by atoms with Gasteiger partial charge in [-0.1, -0.05) is 52.8 Å². The van der Waals surface area contributed by atoms with Crippen LogP contribution in [0.1, 0.15) is 63.5 Å².